The summed E-state index contributed by atoms with van der Waals surface area (Å²) in [5, 5.41) is 0.415. The summed E-state index contributed by atoms with van der Waals surface area (Å²) in [4.78, 5) is 26.2. The molecule has 26 heavy (non-hydrogen) atoms. The van der Waals surface area contributed by atoms with Crippen molar-refractivity contribution in [1.82, 2.24) is 4.90 Å². The van der Waals surface area contributed by atoms with Crippen LogP contribution in [0.25, 0.3) is 6.08 Å². The van der Waals surface area contributed by atoms with Gasteiger partial charge in [-0.15, -0.1) is 0 Å². The zero-order valence-electron chi connectivity index (χ0n) is 14.7. The van der Waals surface area contributed by atoms with E-state index in [1.807, 2.05) is 0 Å². The number of nitrogens with zero attached hydrogens (tertiary/aromatic N) is 1. The lowest BCUT2D eigenvalue weighted by molar-refractivity contribution is -0.155. The summed E-state index contributed by atoms with van der Waals surface area (Å²) in [6.45, 7) is 3.19. The van der Waals surface area contributed by atoms with Gasteiger partial charge < -0.3 is 19.1 Å². The van der Waals surface area contributed by atoms with Crippen molar-refractivity contribution in [3.05, 3.63) is 28.8 Å². The van der Waals surface area contributed by atoms with Crippen molar-refractivity contribution < 1.29 is 23.8 Å². The van der Waals surface area contributed by atoms with Crippen molar-refractivity contribution in [2.75, 3.05) is 19.9 Å². The molecule has 3 rings (SSSR count). The van der Waals surface area contributed by atoms with E-state index in [4.69, 9.17) is 25.8 Å². The van der Waals surface area contributed by atoms with Crippen molar-refractivity contribution in [1.29, 1.82) is 0 Å². The summed E-state index contributed by atoms with van der Waals surface area (Å²) in [5.41, 5.74) is 0.683. The minimum absolute atomic E-state index is 0.125. The Balaban J connectivity index is 1.57. The number of ether oxygens (including phenoxy) is 3. The van der Waals surface area contributed by atoms with Gasteiger partial charge in [0, 0.05) is 19.2 Å². The third kappa shape index (κ3) is 4.49. The van der Waals surface area contributed by atoms with Crippen LogP contribution in [0.2, 0.25) is 5.02 Å². The van der Waals surface area contributed by atoms with Crippen molar-refractivity contribution in [2.45, 2.75) is 38.7 Å². The number of amides is 1. The van der Waals surface area contributed by atoms with E-state index in [1.165, 1.54) is 6.08 Å². The number of hydrogen-bond acceptors (Lipinski definition) is 5. The first-order chi connectivity index (χ1) is 12.5. The molecule has 1 saturated heterocycles. The molecule has 0 radical (unpaired) electrons. The van der Waals surface area contributed by atoms with Crippen LogP contribution in [0.3, 0.4) is 0 Å². The minimum atomic E-state index is -0.800. The predicted octanol–water partition coefficient (Wildman–Crippen LogP) is 3.42. The summed E-state index contributed by atoms with van der Waals surface area (Å²) < 4.78 is 15.8. The number of esters is 1. The summed E-state index contributed by atoms with van der Waals surface area (Å²) in [7, 11) is 0. The predicted molar refractivity (Wildman–Crippen MR) is 97.2 cm³/mol. The fraction of sp³-hybridized carbons (Fsp3) is 0.474. The van der Waals surface area contributed by atoms with E-state index in [1.54, 1.807) is 30.0 Å². The Morgan fingerprint density at radius 3 is 2.65 bits per heavy atom. The number of carbonyl (C=O) groups excluding carboxylic acids is 2. The lowest BCUT2D eigenvalue weighted by atomic mass is 10.2. The maximum atomic E-state index is 12.4. The van der Waals surface area contributed by atoms with Gasteiger partial charge in [0.1, 0.15) is 0 Å². The molecule has 0 spiro atoms. The van der Waals surface area contributed by atoms with Crippen molar-refractivity contribution in [3.63, 3.8) is 0 Å². The number of hydrogen-bond donors (Lipinski definition) is 0. The lowest BCUT2D eigenvalue weighted by Gasteiger charge is -2.23. The Morgan fingerprint density at radius 1 is 1.19 bits per heavy atom. The van der Waals surface area contributed by atoms with Crippen LogP contribution in [-0.4, -0.2) is 42.8 Å². The second-order valence-electron chi connectivity index (χ2n) is 6.39. The van der Waals surface area contributed by atoms with Crippen LogP contribution in [-0.2, 0) is 14.3 Å². The molecule has 7 heteroatoms. The van der Waals surface area contributed by atoms with Gasteiger partial charge >= 0.3 is 5.97 Å². The highest BCUT2D eigenvalue weighted by molar-refractivity contribution is 6.32. The van der Waals surface area contributed by atoms with E-state index in [0.29, 0.717) is 22.1 Å². The molecule has 2 heterocycles. The average Bonchev–Trinajstić information content (AvgIpc) is 2.93. The molecular formula is C19H22ClNO5. The van der Waals surface area contributed by atoms with E-state index < -0.39 is 12.1 Å². The number of likely N-dealkylation sites (tertiary alicyclic amines) is 1. The third-order valence-corrected chi connectivity index (χ3v) is 4.70. The van der Waals surface area contributed by atoms with Crippen LogP contribution in [0.5, 0.6) is 11.5 Å². The molecule has 2 aliphatic rings. The van der Waals surface area contributed by atoms with Gasteiger partial charge in [0.2, 0.25) is 6.79 Å². The molecule has 140 valence electrons. The monoisotopic (exact) mass is 379 g/mol. The van der Waals surface area contributed by atoms with Gasteiger partial charge in [0.05, 0.1) is 5.02 Å². The van der Waals surface area contributed by atoms with Crippen LogP contribution in [0.1, 0.15) is 38.2 Å². The summed E-state index contributed by atoms with van der Waals surface area (Å²) in [6.07, 6.45) is 6.32. The Hall–Kier alpha value is -2.21. The topological polar surface area (TPSA) is 65.1 Å². The molecule has 0 saturated carbocycles. The summed E-state index contributed by atoms with van der Waals surface area (Å²) in [6, 6.07) is 3.40. The van der Waals surface area contributed by atoms with E-state index in [9.17, 15) is 9.59 Å². The van der Waals surface area contributed by atoms with Gasteiger partial charge in [-0.1, -0.05) is 24.4 Å². The molecule has 1 aromatic carbocycles. The molecular weight excluding hydrogens is 358 g/mol. The highest BCUT2D eigenvalue weighted by Gasteiger charge is 2.24. The van der Waals surface area contributed by atoms with E-state index in [0.717, 1.165) is 38.8 Å². The van der Waals surface area contributed by atoms with Crippen LogP contribution >= 0.6 is 11.6 Å². The van der Waals surface area contributed by atoms with Gasteiger partial charge in [0.15, 0.2) is 17.6 Å². The van der Waals surface area contributed by atoms with Gasteiger partial charge in [-0.05, 0) is 43.5 Å². The molecule has 0 bridgehead atoms. The number of carbonyl (C=O) groups is 2. The van der Waals surface area contributed by atoms with Gasteiger partial charge in [0.25, 0.3) is 5.91 Å². The minimum Gasteiger partial charge on any atom is -0.454 e. The molecule has 1 amide bonds. The van der Waals surface area contributed by atoms with Crippen LogP contribution < -0.4 is 9.47 Å². The summed E-state index contributed by atoms with van der Waals surface area (Å²) >= 11 is 6.11. The van der Waals surface area contributed by atoms with Gasteiger partial charge in [-0.3, -0.25) is 4.79 Å². The SMILES string of the molecule is C[C@@H](OC(=O)/C=C/c1cc(Cl)c2c(c1)OCO2)C(=O)N1CCCCCC1. The maximum Gasteiger partial charge on any atom is 0.331 e. The van der Waals surface area contributed by atoms with E-state index in [-0.39, 0.29) is 12.7 Å². The van der Waals surface area contributed by atoms with Crippen LogP contribution in [0.4, 0.5) is 0 Å². The van der Waals surface area contributed by atoms with E-state index in [2.05, 4.69) is 0 Å². The Morgan fingerprint density at radius 2 is 1.92 bits per heavy atom. The second-order valence-corrected chi connectivity index (χ2v) is 6.80. The molecule has 0 N–H and O–H groups in total. The molecule has 6 nitrogen and oxygen atoms in total. The standard InChI is InChI=1S/C19H22ClNO5/c1-13(19(23)21-8-4-2-3-5-9-21)26-17(22)7-6-14-10-15(20)18-16(11-14)24-12-25-18/h6-7,10-11,13H,2-5,8-9,12H2,1H3/b7-6+/t13-/m1/s1. The quantitative estimate of drug-likeness (QED) is 0.592. The Labute approximate surface area is 157 Å². The smallest absolute Gasteiger partial charge is 0.331 e. The second kappa shape index (κ2) is 8.45. The van der Waals surface area contributed by atoms with Crippen LogP contribution in [0.15, 0.2) is 18.2 Å². The molecule has 0 unspecified atom stereocenters. The van der Waals surface area contributed by atoms with Crippen LogP contribution in [0, 0.1) is 0 Å². The first kappa shape index (κ1) is 18.6. The zero-order chi connectivity index (χ0) is 18.5. The fourth-order valence-electron chi connectivity index (χ4n) is 3.06. The third-order valence-electron chi connectivity index (χ3n) is 4.42. The highest BCUT2D eigenvalue weighted by Crippen LogP contribution is 2.40. The molecule has 1 aromatic rings. The maximum absolute atomic E-state index is 12.4. The summed E-state index contributed by atoms with van der Waals surface area (Å²) in [5.74, 6) is 0.326. The van der Waals surface area contributed by atoms with Gasteiger partial charge in [-0.25, -0.2) is 4.79 Å². The first-order valence-electron chi connectivity index (χ1n) is 8.81. The fourth-order valence-corrected chi connectivity index (χ4v) is 3.33. The van der Waals surface area contributed by atoms with Gasteiger partial charge in [-0.2, -0.15) is 0 Å². The number of rotatable bonds is 4. The first-order valence-corrected chi connectivity index (χ1v) is 9.19. The Bertz CT molecular complexity index is 710. The number of halogens is 1. The lowest BCUT2D eigenvalue weighted by Crippen LogP contribution is -2.40. The zero-order valence-corrected chi connectivity index (χ0v) is 15.5. The molecule has 0 aromatic heterocycles. The van der Waals surface area contributed by atoms with E-state index >= 15 is 0 Å². The number of benzene rings is 1. The molecule has 1 fully saturated rings. The average molecular weight is 380 g/mol. The van der Waals surface area contributed by atoms with Crippen molar-refractivity contribution >= 4 is 29.6 Å². The Kier molecular flexibility index (Phi) is 6.04. The highest BCUT2D eigenvalue weighted by atomic mass is 35.5. The largest absolute Gasteiger partial charge is 0.454 e. The molecule has 0 aliphatic carbocycles. The molecule has 1 atom stereocenters. The van der Waals surface area contributed by atoms with Crippen molar-refractivity contribution in [3.8, 4) is 11.5 Å². The van der Waals surface area contributed by atoms with Crippen molar-refractivity contribution in [2.24, 2.45) is 0 Å². The number of fused-ring (bicyclic) bond motifs is 1. The molecule has 2 aliphatic heterocycles. The normalized spacial score (nSPS) is 17.8.